The SMILES string of the molecule is O=C(O)c1ccccc1SCc1cc([N+](=O)[O-])cc2c1OCOC2. The predicted octanol–water partition coefficient (Wildman–Crippen LogP) is 3.45. The minimum absolute atomic E-state index is 0.0371. The molecule has 0 spiro atoms. The second-order valence-electron chi connectivity index (χ2n) is 5.05. The van der Waals surface area contributed by atoms with Crippen LogP contribution in [0.5, 0.6) is 5.75 Å². The molecule has 3 rings (SSSR count). The number of carboxylic acid groups (broad SMARTS) is 1. The number of benzene rings is 2. The Bertz CT molecular complexity index is 807. The van der Waals surface area contributed by atoms with Crippen LogP contribution in [0.2, 0.25) is 0 Å². The lowest BCUT2D eigenvalue weighted by molar-refractivity contribution is -0.385. The lowest BCUT2D eigenvalue weighted by Gasteiger charge is -2.20. The van der Waals surface area contributed by atoms with Gasteiger partial charge in [0.15, 0.2) is 6.79 Å². The standard InChI is InChI=1S/C16H13NO6S/c18-16(19)13-3-1-2-4-14(13)24-8-11-6-12(17(20)21)5-10-7-22-9-23-15(10)11/h1-6H,7-9H2,(H,18,19). The number of ether oxygens (including phenoxy) is 2. The van der Waals surface area contributed by atoms with E-state index in [1.807, 2.05) is 0 Å². The molecule has 1 aliphatic rings. The zero-order valence-electron chi connectivity index (χ0n) is 12.4. The van der Waals surface area contributed by atoms with Gasteiger partial charge in [0.2, 0.25) is 0 Å². The van der Waals surface area contributed by atoms with Gasteiger partial charge in [-0.3, -0.25) is 10.1 Å². The molecule has 0 aromatic heterocycles. The van der Waals surface area contributed by atoms with Crippen LogP contribution in [0.15, 0.2) is 41.3 Å². The summed E-state index contributed by atoms with van der Waals surface area (Å²) in [6.07, 6.45) is 0. The van der Waals surface area contributed by atoms with E-state index in [1.54, 1.807) is 18.2 Å². The van der Waals surface area contributed by atoms with E-state index >= 15 is 0 Å². The van der Waals surface area contributed by atoms with E-state index in [9.17, 15) is 20.0 Å². The summed E-state index contributed by atoms with van der Waals surface area (Å²) >= 11 is 1.30. The lowest BCUT2D eigenvalue weighted by atomic mass is 10.1. The van der Waals surface area contributed by atoms with E-state index in [0.717, 1.165) is 0 Å². The van der Waals surface area contributed by atoms with E-state index in [-0.39, 0.29) is 24.7 Å². The van der Waals surface area contributed by atoms with Gasteiger partial charge in [0.1, 0.15) is 5.75 Å². The highest BCUT2D eigenvalue weighted by Gasteiger charge is 2.21. The summed E-state index contributed by atoms with van der Waals surface area (Å²) in [5, 5.41) is 20.3. The van der Waals surface area contributed by atoms with Crippen molar-refractivity contribution < 1.29 is 24.3 Å². The number of nitro groups is 1. The average molecular weight is 347 g/mol. The van der Waals surface area contributed by atoms with Crippen LogP contribution in [0.1, 0.15) is 21.5 Å². The first-order chi connectivity index (χ1) is 11.6. The van der Waals surface area contributed by atoms with Gasteiger partial charge < -0.3 is 14.6 Å². The molecule has 0 fully saturated rings. The Morgan fingerprint density at radius 2 is 2.12 bits per heavy atom. The minimum Gasteiger partial charge on any atom is -0.478 e. The summed E-state index contributed by atoms with van der Waals surface area (Å²) in [5.41, 5.74) is 1.43. The Morgan fingerprint density at radius 1 is 1.33 bits per heavy atom. The molecule has 0 radical (unpaired) electrons. The zero-order valence-corrected chi connectivity index (χ0v) is 13.2. The molecule has 0 unspecified atom stereocenters. The maximum Gasteiger partial charge on any atom is 0.336 e. The molecule has 0 saturated carbocycles. The van der Waals surface area contributed by atoms with Gasteiger partial charge in [0.05, 0.1) is 17.1 Å². The number of hydrogen-bond acceptors (Lipinski definition) is 6. The minimum atomic E-state index is -1.01. The number of non-ortho nitro benzene ring substituents is 1. The number of nitrogens with zero attached hydrogens (tertiary/aromatic N) is 1. The van der Waals surface area contributed by atoms with Crippen LogP contribution >= 0.6 is 11.8 Å². The smallest absolute Gasteiger partial charge is 0.336 e. The van der Waals surface area contributed by atoms with Crippen LogP contribution in [0.4, 0.5) is 5.69 Å². The Hall–Kier alpha value is -2.58. The summed E-state index contributed by atoms with van der Waals surface area (Å²) in [6, 6.07) is 9.54. The van der Waals surface area contributed by atoms with E-state index in [0.29, 0.717) is 27.5 Å². The summed E-state index contributed by atoms with van der Waals surface area (Å²) in [5.74, 6) is -0.0788. The molecular weight excluding hydrogens is 334 g/mol. The topological polar surface area (TPSA) is 98.9 Å². The fourth-order valence-electron chi connectivity index (χ4n) is 2.42. The van der Waals surface area contributed by atoms with Crippen molar-refractivity contribution in [1.29, 1.82) is 0 Å². The number of nitro benzene ring substituents is 1. The molecular formula is C16H13NO6S. The molecule has 1 aliphatic heterocycles. The molecule has 0 aliphatic carbocycles. The first-order valence-electron chi connectivity index (χ1n) is 7.02. The summed E-state index contributed by atoms with van der Waals surface area (Å²) in [4.78, 5) is 22.5. The molecule has 7 nitrogen and oxygen atoms in total. The van der Waals surface area contributed by atoms with E-state index in [2.05, 4.69) is 0 Å². The Balaban J connectivity index is 1.91. The Labute approximate surface area is 141 Å². The van der Waals surface area contributed by atoms with Gasteiger partial charge in [-0.05, 0) is 12.1 Å². The molecule has 2 aromatic carbocycles. The number of aromatic carboxylic acids is 1. The molecule has 1 heterocycles. The fraction of sp³-hybridized carbons (Fsp3) is 0.188. The molecule has 0 amide bonds. The number of carboxylic acids is 1. The number of fused-ring (bicyclic) bond motifs is 1. The lowest BCUT2D eigenvalue weighted by Crippen LogP contribution is -2.13. The zero-order chi connectivity index (χ0) is 17.1. The third-order valence-corrected chi connectivity index (χ3v) is 4.61. The molecule has 0 bridgehead atoms. The number of hydrogen-bond donors (Lipinski definition) is 1. The van der Waals surface area contributed by atoms with Gasteiger partial charge >= 0.3 is 5.97 Å². The van der Waals surface area contributed by atoms with Gasteiger partial charge in [0.25, 0.3) is 5.69 Å². The largest absolute Gasteiger partial charge is 0.478 e. The van der Waals surface area contributed by atoms with Gasteiger partial charge in [-0.15, -0.1) is 11.8 Å². The quantitative estimate of drug-likeness (QED) is 0.502. The molecule has 0 atom stereocenters. The predicted molar refractivity (Wildman–Crippen MR) is 86.3 cm³/mol. The maximum absolute atomic E-state index is 11.3. The molecule has 2 aromatic rings. The van der Waals surface area contributed by atoms with Crippen LogP contribution in [0, 0.1) is 10.1 Å². The first kappa shape index (κ1) is 16.3. The van der Waals surface area contributed by atoms with Crippen LogP contribution in [0.25, 0.3) is 0 Å². The van der Waals surface area contributed by atoms with E-state index in [4.69, 9.17) is 9.47 Å². The van der Waals surface area contributed by atoms with Gasteiger partial charge in [-0.2, -0.15) is 0 Å². The third kappa shape index (κ3) is 3.34. The van der Waals surface area contributed by atoms with Crippen molar-refractivity contribution in [3.05, 3.63) is 63.2 Å². The van der Waals surface area contributed by atoms with Crippen molar-refractivity contribution in [1.82, 2.24) is 0 Å². The number of thioether (sulfide) groups is 1. The average Bonchev–Trinajstić information content (AvgIpc) is 2.59. The Kier molecular flexibility index (Phi) is 4.68. The first-order valence-corrected chi connectivity index (χ1v) is 8.00. The van der Waals surface area contributed by atoms with Crippen molar-refractivity contribution in [2.75, 3.05) is 6.79 Å². The second kappa shape index (κ2) is 6.90. The molecule has 1 N–H and O–H groups in total. The van der Waals surface area contributed by atoms with Gasteiger partial charge in [0, 0.05) is 33.9 Å². The molecule has 124 valence electrons. The summed E-state index contributed by atoms with van der Waals surface area (Å²) in [7, 11) is 0. The highest BCUT2D eigenvalue weighted by molar-refractivity contribution is 7.98. The highest BCUT2D eigenvalue weighted by atomic mass is 32.2. The van der Waals surface area contributed by atoms with Crippen LogP contribution in [-0.4, -0.2) is 22.8 Å². The molecule has 24 heavy (non-hydrogen) atoms. The Morgan fingerprint density at radius 3 is 2.88 bits per heavy atom. The molecule has 0 saturated heterocycles. The number of carbonyl (C=O) groups is 1. The van der Waals surface area contributed by atoms with Crippen molar-refractivity contribution in [2.24, 2.45) is 0 Å². The monoisotopic (exact) mass is 347 g/mol. The van der Waals surface area contributed by atoms with Crippen molar-refractivity contribution in [2.45, 2.75) is 17.3 Å². The summed E-state index contributed by atoms with van der Waals surface area (Å²) in [6.45, 7) is 0.342. The van der Waals surface area contributed by atoms with E-state index in [1.165, 1.54) is 30.0 Å². The number of rotatable bonds is 5. The van der Waals surface area contributed by atoms with Gasteiger partial charge in [-0.1, -0.05) is 12.1 Å². The molecule has 8 heteroatoms. The van der Waals surface area contributed by atoms with Crippen LogP contribution < -0.4 is 4.74 Å². The van der Waals surface area contributed by atoms with Crippen LogP contribution in [-0.2, 0) is 17.1 Å². The van der Waals surface area contributed by atoms with Crippen molar-refractivity contribution in [3.63, 3.8) is 0 Å². The normalized spacial score (nSPS) is 13.0. The second-order valence-corrected chi connectivity index (χ2v) is 6.07. The summed E-state index contributed by atoms with van der Waals surface area (Å²) < 4.78 is 10.7. The van der Waals surface area contributed by atoms with Crippen LogP contribution in [0.3, 0.4) is 0 Å². The van der Waals surface area contributed by atoms with Gasteiger partial charge in [-0.25, -0.2) is 4.79 Å². The van der Waals surface area contributed by atoms with E-state index < -0.39 is 10.9 Å². The van der Waals surface area contributed by atoms with Crippen molar-refractivity contribution in [3.8, 4) is 5.75 Å². The fourth-order valence-corrected chi connectivity index (χ4v) is 3.43. The third-order valence-electron chi connectivity index (χ3n) is 3.48. The van der Waals surface area contributed by atoms with Crippen molar-refractivity contribution >= 4 is 23.4 Å². The maximum atomic E-state index is 11.3. The highest BCUT2D eigenvalue weighted by Crippen LogP contribution is 2.36.